The molecule has 26 heavy (non-hydrogen) atoms. The number of rotatable bonds is 4. The maximum absolute atomic E-state index is 9.96. The van der Waals surface area contributed by atoms with Crippen LogP contribution in [0.15, 0.2) is 55.1 Å². The molecule has 134 valence electrons. The van der Waals surface area contributed by atoms with Gasteiger partial charge in [0.05, 0.1) is 0 Å². The number of anilines is 2. The normalized spacial score (nSPS) is 20.3. The van der Waals surface area contributed by atoms with Crippen molar-refractivity contribution in [3.05, 3.63) is 60.7 Å². The fourth-order valence-corrected chi connectivity index (χ4v) is 3.75. The molecular weight excluding hydrogens is 328 g/mol. The van der Waals surface area contributed by atoms with Crippen LogP contribution < -0.4 is 10.6 Å². The lowest BCUT2D eigenvalue weighted by molar-refractivity contribution is 0.189. The number of aliphatic hydroxyl groups is 1. The number of hydrogen-bond acceptors (Lipinski definition) is 6. The van der Waals surface area contributed by atoms with Gasteiger partial charge >= 0.3 is 0 Å². The van der Waals surface area contributed by atoms with Gasteiger partial charge in [-0.3, -0.25) is 0 Å². The molecular formula is C19H22N6O. The van der Waals surface area contributed by atoms with Crippen molar-refractivity contribution in [2.24, 2.45) is 5.92 Å². The first-order valence-electron chi connectivity index (χ1n) is 8.79. The van der Waals surface area contributed by atoms with Crippen LogP contribution in [-0.4, -0.2) is 44.6 Å². The van der Waals surface area contributed by atoms with E-state index in [1.807, 2.05) is 12.1 Å². The Morgan fingerprint density at radius 3 is 2.65 bits per heavy atom. The first kappa shape index (κ1) is 16.5. The van der Waals surface area contributed by atoms with E-state index in [9.17, 15) is 5.11 Å². The molecule has 0 radical (unpaired) electrons. The molecule has 0 amide bonds. The van der Waals surface area contributed by atoms with Gasteiger partial charge in [0.1, 0.15) is 12.0 Å². The van der Waals surface area contributed by atoms with E-state index in [2.05, 4.69) is 44.2 Å². The lowest BCUT2D eigenvalue weighted by atomic mass is 9.81. The summed E-state index contributed by atoms with van der Waals surface area (Å²) in [6.07, 6.45) is 5.95. The Balaban J connectivity index is 1.60. The van der Waals surface area contributed by atoms with E-state index in [0.717, 1.165) is 13.0 Å². The second kappa shape index (κ2) is 7.13. The highest BCUT2D eigenvalue weighted by Crippen LogP contribution is 2.36. The van der Waals surface area contributed by atoms with Gasteiger partial charge in [-0.2, -0.15) is 5.10 Å². The van der Waals surface area contributed by atoms with Crippen LogP contribution in [0.2, 0.25) is 0 Å². The number of aromatic nitrogens is 4. The van der Waals surface area contributed by atoms with Crippen molar-refractivity contribution in [3.63, 3.8) is 0 Å². The summed E-state index contributed by atoms with van der Waals surface area (Å²) in [4.78, 5) is 10.8. The summed E-state index contributed by atoms with van der Waals surface area (Å²) in [7, 11) is 0. The third-order valence-corrected chi connectivity index (χ3v) is 5.06. The summed E-state index contributed by atoms with van der Waals surface area (Å²) >= 11 is 0. The Labute approximate surface area is 152 Å². The minimum atomic E-state index is 0.132. The van der Waals surface area contributed by atoms with Crippen LogP contribution in [0, 0.1) is 5.92 Å². The molecule has 0 unspecified atom stereocenters. The Hall–Kier alpha value is -2.93. The summed E-state index contributed by atoms with van der Waals surface area (Å²) in [5.41, 5.74) is 8.13. The Bertz CT molecular complexity index is 852. The Morgan fingerprint density at radius 1 is 1.12 bits per heavy atom. The highest BCUT2D eigenvalue weighted by molar-refractivity contribution is 5.70. The van der Waals surface area contributed by atoms with Gasteiger partial charge in [0, 0.05) is 38.0 Å². The number of benzene rings is 1. The SMILES string of the molecule is Nc1c(N2CC[C@@H](c3ccccc3)[C@@H](CO)C2)ncnc1-n1cccn1. The molecule has 2 atom stereocenters. The molecule has 1 saturated heterocycles. The lowest BCUT2D eigenvalue weighted by Gasteiger charge is -2.39. The maximum atomic E-state index is 9.96. The number of piperidine rings is 1. The molecule has 0 spiro atoms. The molecule has 4 rings (SSSR count). The quantitative estimate of drug-likeness (QED) is 0.746. The van der Waals surface area contributed by atoms with Gasteiger partial charge in [0.15, 0.2) is 11.6 Å². The average Bonchev–Trinajstić information content (AvgIpc) is 3.23. The van der Waals surface area contributed by atoms with Crippen molar-refractivity contribution in [3.8, 4) is 5.82 Å². The second-order valence-electron chi connectivity index (χ2n) is 6.58. The van der Waals surface area contributed by atoms with E-state index in [1.165, 1.54) is 11.9 Å². The number of nitrogens with zero attached hydrogens (tertiary/aromatic N) is 5. The first-order valence-corrected chi connectivity index (χ1v) is 8.79. The van der Waals surface area contributed by atoms with E-state index in [1.54, 1.807) is 17.1 Å². The number of hydrogen-bond donors (Lipinski definition) is 2. The van der Waals surface area contributed by atoms with Gasteiger partial charge in [-0.05, 0) is 24.0 Å². The zero-order chi connectivity index (χ0) is 17.9. The molecule has 3 heterocycles. The van der Waals surface area contributed by atoms with E-state index in [4.69, 9.17) is 5.73 Å². The fourth-order valence-electron chi connectivity index (χ4n) is 3.75. The molecule has 2 aromatic heterocycles. The standard InChI is InChI=1S/C19H22N6O/c20-17-18(21-13-22-19(17)25-9-4-8-23-25)24-10-7-16(15(11-24)12-26)14-5-2-1-3-6-14/h1-6,8-9,13,15-16,26H,7,10-12,20H2/t15-,16+/m1/s1. The molecule has 1 aliphatic rings. The third-order valence-electron chi connectivity index (χ3n) is 5.06. The summed E-state index contributed by atoms with van der Waals surface area (Å²) in [5.74, 6) is 1.75. The van der Waals surface area contributed by atoms with E-state index >= 15 is 0 Å². The third kappa shape index (κ3) is 3.01. The summed E-state index contributed by atoms with van der Waals surface area (Å²) in [5, 5.41) is 14.2. The van der Waals surface area contributed by atoms with Crippen molar-refractivity contribution >= 4 is 11.5 Å². The predicted octanol–water partition coefficient (Wildman–Crippen LogP) is 1.85. The monoisotopic (exact) mass is 350 g/mol. The van der Waals surface area contributed by atoms with Crippen LogP contribution in [0.25, 0.3) is 5.82 Å². The van der Waals surface area contributed by atoms with Gasteiger partial charge in [0.2, 0.25) is 0 Å². The summed E-state index contributed by atoms with van der Waals surface area (Å²) in [6, 6.07) is 12.2. The lowest BCUT2D eigenvalue weighted by Crippen LogP contribution is -2.42. The molecule has 1 aliphatic heterocycles. The summed E-state index contributed by atoms with van der Waals surface area (Å²) < 4.78 is 1.64. The molecule has 0 saturated carbocycles. The van der Waals surface area contributed by atoms with Crippen LogP contribution in [0.1, 0.15) is 17.9 Å². The number of aliphatic hydroxyl groups excluding tert-OH is 1. The van der Waals surface area contributed by atoms with Crippen LogP contribution >= 0.6 is 0 Å². The van der Waals surface area contributed by atoms with E-state index in [-0.39, 0.29) is 12.5 Å². The zero-order valence-electron chi connectivity index (χ0n) is 14.4. The molecule has 1 fully saturated rings. The van der Waals surface area contributed by atoms with Gasteiger partial charge < -0.3 is 15.7 Å². The number of nitrogen functional groups attached to an aromatic ring is 1. The molecule has 7 nitrogen and oxygen atoms in total. The topological polar surface area (TPSA) is 93.1 Å². The molecule has 0 bridgehead atoms. The fraction of sp³-hybridized carbons (Fsp3) is 0.316. The largest absolute Gasteiger partial charge is 0.396 e. The van der Waals surface area contributed by atoms with Crippen LogP contribution in [-0.2, 0) is 0 Å². The molecule has 0 aliphatic carbocycles. The van der Waals surface area contributed by atoms with Crippen molar-refractivity contribution in [2.75, 3.05) is 30.3 Å². The molecule has 1 aromatic carbocycles. The van der Waals surface area contributed by atoms with Gasteiger partial charge in [-0.25, -0.2) is 14.6 Å². The van der Waals surface area contributed by atoms with Crippen molar-refractivity contribution in [2.45, 2.75) is 12.3 Å². The number of nitrogens with two attached hydrogens (primary N) is 1. The Kier molecular flexibility index (Phi) is 4.53. The van der Waals surface area contributed by atoms with Gasteiger partial charge in [0.25, 0.3) is 0 Å². The highest BCUT2D eigenvalue weighted by atomic mass is 16.3. The molecule has 3 N–H and O–H groups in total. The zero-order valence-corrected chi connectivity index (χ0v) is 14.4. The molecule has 7 heteroatoms. The van der Waals surface area contributed by atoms with E-state index < -0.39 is 0 Å². The smallest absolute Gasteiger partial charge is 0.181 e. The first-order chi connectivity index (χ1) is 12.8. The maximum Gasteiger partial charge on any atom is 0.181 e. The van der Waals surface area contributed by atoms with Crippen LogP contribution in [0.4, 0.5) is 11.5 Å². The van der Waals surface area contributed by atoms with Crippen molar-refractivity contribution in [1.29, 1.82) is 0 Å². The van der Waals surface area contributed by atoms with Crippen molar-refractivity contribution in [1.82, 2.24) is 19.7 Å². The van der Waals surface area contributed by atoms with Gasteiger partial charge in [-0.15, -0.1) is 0 Å². The highest BCUT2D eigenvalue weighted by Gasteiger charge is 2.31. The average molecular weight is 350 g/mol. The van der Waals surface area contributed by atoms with Crippen LogP contribution in [0.3, 0.4) is 0 Å². The van der Waals surface area contributed by atoms with Gasteiger partial charge in [-0.1, -0.05) is 30.3 Å². The summed E-state index contributed by atoms with van der Waals surface area (Å²) in [6.45, 7) is 1.67. The predicted molar refractivity (Wildman–Crippen MR) is 100 cm³/mol. The van der Waals surface area contributed by atoms with Crippen molar-refractivity contribution < 1.29 is 5.11 Å². The van der Waals surface area contributed by atoms with E-state index in [0.29, 0.717) is 29.8 Å². The minimum absolute atomic E-state index is 0.132. The second-order valence-corrected chi connectivity index (χ2v) is 6.58. The van der Waals surface area contributed by atoms with Crippen LogP contribution in [0.5, 0.6) is 0 Å². The Morgan fingerprint density at radius 2 is 1.92 bits per heavy atom. The molecule has 3 aromatic rings. The minimum Gasteiger partial charge on any atom is -0.396 e.